The van der Waals surface area contributed by atoms with Gasteiger partial charge >= 0.3 is 0 Å². The Balaban J connectivity index is 2.11. The highest BCUT2D eigenvalue weighted by atomic mass is 79.9. The molecule has 2 nitrogen and oxygen atoms in total. The predicted octanol–water partition coefficient (Wildman–Crippen LogP) is 4.39. The van der Waals surface area contributed by atoms with Crippen molar-refractivity contribution in [2.75, 3.05) is 6.54 Å². The molecule has 17 heavy (non-hydrogen) atoms. The molecule has 0 radical (unpaired) electrons. The zero-order valence-corrected chi connectivity index (χ0v) is 12.2. The third-order valence-corrected chi connectivity index (χ3v) is 4.57. The molecule has 4 heteroatoms. The van der Waals surface area contributed by atoms with Gasteiger partial charge in [-0.2, -0.15) is 0 Å². The van der Waals surface area contributed by atoms with Crippen LogP contribution in [-0.2, 0) is 6.42 Å². The van der Waals surface area contributed by atoms with E-state index >= 15 is 0 Å². The Hall–Kier alpha value is -0.580. The van der Waals surface area contributed by atoms with E-state index in [0.717, 1.165) is 25.1 Å². The van der Waals surface area contributed by atoms with Crippen molar-refractivity contribution in [2.24, 2.45) is 0 Å². The lowest BCUT2D eigenvalue weighted by Gasteiger charge is -2.16. The summed E-state index contributed by atoms with van der Waals surface area (Å²) in [5, 5.41) is 5.68. The van der Waals surface area contributed by atoms with Crippen molar-refractivity contribution < 1.29 is 4.42 Å². The Kier molecular flexibility index (Phi) is 4.83. The van der Waals surface area contributed by atoms with Crippen molar-refractivity contribution in [1.29, 1.82) is 0 Å². The first-order valence-corrected chi connectivity index (χ1v) is 7.47. The molecule has 0 saturated heterocycles. The summed E-state index contributed by atoms with van der Waals surface area (Å²) < 4.78 is 6.61. The van der Waals surface area contributed by atoms with Crippen molar-refractivity contribution in [2.45, 2.75) is 25.8 Å². The quantitative estimate of drug-likeness (QED) is 0.855. The van der Waals surface area contributed by atoms with Gasteiger partial charge in [0, 0.05) is 21.8 Å². The Bertz CT molecular complexity index is 438. The standard InChI is InChI=1S/C13H16BrNOS/c1-2-6-15-12(9-10-4-3-7-16-10)13-11(14)5-8-17-13/h3-5,7-8,12,15H,2,6,9H2,1H3. The molecule has 2 aromatic rings. The summed E-state index contributed by atoms with van der Waals surface area (Å²) in [6, 6.07) is 6.40. The van der Waals surface area contributed by atoms with E-state index in [0.29, 0.717) is 6.04 Å². The number of hydrogen-bond donors (Lipinski definition) is 1. The van der Waals surface area contributed by atoms with Crippen LogP contribution in [0.15, 0.2) is 38.7 Å². The molecular formula is C13H16BrNOS. The molecule has 92 valence electrons. The van der Waals surface area contributed by atoms with E-state index in [4.69, 9.17) is 4.42 Å². The van der Waals surface area contributed by atoms with Gasteiger partial charge < -0.3 is 9.73 Å². The van der Waals surface area contributed by atoms with Crippen LogP contribution in [0.5, 0.6) is 0 Å². The molecular weight excluding hydrogens is 298 g/mol. The Morgan fingerprint density at radius 1 is 1.47 bits per heavy atom. The molecule has 2 aromatic heterocycles. The number of thiophene rings is 1. The molecule has 0 aliphatic rings. The summed E-state index contributed by atoms with van der Waals surface area (Å²) in [7, 11) is 0. The first-order chi connectivity index (χ1) is 8.31. The topological polar surface area (TPSA) is 25.2 Å². The van der Waals surface area contributed by atoms with E-state index in [2.05, 4.69) is 39.6 Å². The van der Waals surface area contributed by atoms with Gasteiger partial charge in [-0.15, -0.1) is 11.3 Å². The van der Waals surface area contributed by atoms with Gasteiger partial charge in [0.1, 0.15) is 5.76 Å². The van der Waals surface area contributed by atoms with Gasteiger partial charge in [-0.3, -0.25) is 0 Å². The lowest BCUT2D eigenvalue weighted by Crippen LogP contribution is -2.23. The molecule has 0 saturated carbocycles. The van der Waals surface area contributed by atoms with E-state index in [1.54, 1.807) is 17.6 Å². The second-order valence-corrected chi connectivity index (χ2v) is 5.73. The predicted molar refractivity (Wildman–Crippen MR) is 75.5 cm³/mol. The van der Waals surface area contributed by atoms with Crippen LogP contribution in [0.1, 0.15) is 30.0 Å². The number of nitrogens with one attached hydrogen (secondary N) is 1. The molecule has 0 aromatic carbocycles. The minimum atomic E-state index is 0.329. The summed E-state index contributed by atoms with van der Waals surface area (Å²) in [4.78, 5) is 1.34. The minimum Gasteiger partial charge on any atom is -0.469 e. The minimum absolute atomic E-state index is 0.329. The average molecular weight is 314 g/mol. The normalized spacial score (nSPS) is 12.8. The van der Waals surface area contributed by atoms with E-state index in [1.807, 2.05) is 12.1 Å². The van der Waals surface area contributed by atoms with E-state index in [-0.39, 0.29) is 0 Å². The third-order valence-electron chi connectivity index (χ3n) is 2.59. The van der Waals surface area contributed by atoms with E-state index < -0.39 is 0 Å². The van der Waals surface area contributed by atoms with Gasteiger partial charge in [-0.1, -0.05) is 6.92 Å². The lowest BCUT2D eigenvalue weighted by atomic mass is 10.1. The lowest BCUT2D eigenvalue weighted by molar-refractivity contribution is 0.452. The second-order valence-electron chi connectivity index (χ2n) is 3.92. The first-order valence-electron chi connectivity index (χ1n) is 5.80. The van der Waals surface area contributed by atoms with Crippen molar-refractivity contribution in [3.05, 3.63) is 45.0 Å². The van der Waals surface area contributed by atoms with Gasteiger partial charge in [0.25, 0.3) is 0 Å². The summed E-state index contributed by atoms with van der Waals surface area (Å²) in [5.41, 5.74) is 0. The van der Waals surface area contributed by atoms with Crippen LogP contribution in [0.25, 0.3) is 0 Å². The highest BCUT2D eigenvalue weighted by molar-refractivity contribution is 9.10. The van der Waals surface area contributed by atoms with Crippen LogP contribution in [0.2, 0.25) is 0 Å². The molecule has 1 N–H and O–H groups in total. The van der Waals surface area contributed by atoms with E-state index in [1.165, 1.54) is 9.35 Å². The highest BCUT2D eigenvalue weighted by Gasteiger charge is 2.16. The number of hydrogen-bond acceptors (Lipinski definition) is 3. The zero-order valence-electron chi connectivity index (χ0n) is 9.78. The monoisotopic (exact) mass is 313 g/mol. The summed E-state index contributed by atoms with van der Waals surface area (Å²) in [6.45, 7) is 3.20. The first kappa shape index (κ1) is 12.9. The van der Waals surface area contributed by atoms with Crippen molar-refractivity contribution in [3.63, 3.8) is 0 Å². The zero-order chi connectivity index (χ0) is 12.1. The molecule has 0 bridgehead atoms. The average Bonchev–Trinajstić information content (AvgIpc) is 2.95. The number of furan rings is 1. The Morgan fingerprint density at radius 2 is 2.35 bits per heavy atom. The van der Waals surface area contributed by atoms with Crippen LogP contribution in [0, 0.1) is 0 Å². The van der Waals surface area contributed by atoms with Gasteiger partial charge in [0.2, 0.25) is 0 Å². The van der Waals surface area contributed by atoms with E-state index in [9.17, 15) is 0 Å². The van der Waals surface area contributed by atoms with Crippen molar-refractivity contribution in [3.8, 4) is 0 Å². The largest absolute Gasteiger partial charge is 0.469 e. The maximum absolute atomic E-state index is 5.43. The molecule has 2 rings (SSSR count). The van der Waals surface area contributed by atoms with Crippen LogP contribution >= 0.6 is 27.3 Å². The van der Waals surface area contributed by atoms with Gasteiger partial charge in [-0.25, -0.2) is 0 Å². The van der Waals surface area contributed by atoms with Crippen molar-refractivity contribution in [1.82, 2.24) is 5.32 Å². The van der Waals surface area contributed by atoms with Gasteiger partial charge in [0.15, 0.2) is 0 Å². The fourth-order valence-electron chi connectivity index (χ4n) is 1.76. The molecule has 0 amide bonds. The second kappa shape index (κ2) is 6.38. The molecule has 1 atom stereocenters. The third kappa shape index (κ3) is 3.44. The fraction of sp³-hybridized carbons (Fsp3) is 0.385. The van der Waals surface area contributed by atoms with Gasteiger partial charge in [-0.05, 0) is 52.5 Å². The number of rotatable bonds is 6. The molecule has 0 aliphatic carbocycles. The SMILES string of the molecule is CCCNC(Cc1ccco1)c1sccc1Br. The van der Waals surface area contributed by atoms with Crippen LogP contribution in [-0.4, -0.2) is 6.54 Å². The van der Waals surface area contributed by atoms with Crippen LogP contribution in [0.4, 0.5) is 0 Å². The summed E-state index contributed by atoms with van der Waals surface area (Å²) in [5.74, 6) is 1.03. The summed E-state index contributed by atoms with van der Waals surface area (Å²) in [6.07, 6.45) is 3.76. The van der Waals surface area contributed by atoms with Crippen LogP contribution < -0.4 is 5.32 Å². The molecule has 0 fully saturated rings. The maximum atomic E-state index is 5.43. The Morgan fingerprint density at radius 3 is 2.94 bits per heavy atom. The molecule has 2 heterocycles. The maximum Gasteiger partial charge on any atom is 0.105 e. The molecule has 1 unspecified atom stereocenters. The van der Waals surface area contributed by atoms with Crippen LogP contribution in [0.3, 0.4) is 0 Å². The van der Waals surface area contributed by atoms with Crippen molar-refractivity contribution >= 4 is 27.3 Å². The summed E-state index contributed by atoms with van der Waals surface area (Å²) >= 11 is 5.38. The molecule has 0 spiro atoms. The smallest absolute Gasteiger partial charge is 0.105 e. The van der Waals surface area contributed by atoms with Gasteiger partial charge in [0.05, 0.1) is 6.26 Å². The number of halogens is 1. The highest BCUT2D eigenvalue weighted by Crippen LogP contribution is 2.31. The Labute approximate surface area is 114 Å². The fourth-order valence-corrected chi connectivity index (χ4v) is 3.49. The molecule has 0 aliphatic heterocycles.